The van der Waals surface area contributed by atoms with E-state index >= 15 is 0 Å². The minimum absolute atomic E-state index is 0.153. The third-order valence-corrected chi connectivity index (χ3v) is 3.20. The number of ketones is 1. The fraction of sp³-hybridized carbons (Fsp3) is 0.769. The quantitative estimate of drug-likeness (QED) is 0.723. The Morgan fingerprint density at radius 1 is 1.50 bits per heavy atom. The molecule has 1 atom stereocenters. The van der Waals surface area contributed by atoms with Crippen molar-refractivity contribution in [3.05, 3.63) is 11.8 Å². The van der Waals surface area contributed by atoms with Crippen LogP contribution < -0.4 is 5.73 Å². The molecular weight excluding hydrogens is 202 g/mol. The number of carbonyl (C=O) groups is 1. The second kappa shape index (κ2) is 6.69. The molecule has 1 aliphatic rings. The molecule has 0 saturated heterocycles. The number of allylic oxidation sites excluding steroid dienone is 1. The number of rotatable bonds is 7. The van der Waals surface area contributed by atoms with Gasteiger partial charge in [0.05, 0.1) is 6.61 Å². The third kappa shape index (κ3) is 3.97. The number of hydrogen-bond donors (Lipinski definition) is 1. The van der Waals surface area contributed by atoms with Crippen LogP contribution in [-0.2, 0) is 9.53 Å². The minimum atomic E-state index is 0.153. The van der Waals surface area contributed by atoms with Crippen LogP contribution >= 0.6 is 0 Å². The summed E-state index contributed by atoms with van der Waals surface area (Å²) in [6.45, 7) is 5.75. The lowest BCUT2D eigenvalue weighted by molar-refractivity contribution is -0.118. The smallest absolute Gasteiger partial charge is 0.197 e. The molecule has 1 unspecified atom stereocenters. The van der Waals surface area contributed by atoms with Gasteiger partial charge in [0.1, 0.15) is 0 Å². The lowest BCUT2D eigenvalue weighted by atomic mass is 9.87. The van der Waals surface area contributed by atoms with Crippen LogP contribution in [0.25, 0.3) is 0 Å². The van der Waals surface area contributed by atoms with Gasteiger partial charge in [0.25, 0.3) is 0 Å². The number of carbonyl (C=O) groups excluding carboxylic acids is 1. The molecule has 0 aromatic rings. The van der Waals surface area contributed by atoms with E-state index in [1.54, 1.807) is 0 Å². The van der Waals surface area contributed by atoms with Crippen molar-refractivity contribution in [3.8, 4) is 0 Å². The van der Waals surface area contributed by atoms with Crippen molar-refractivity contribution in [2.24, 2.45) is 17.6 Å². The molecule has 3 heteroatoms. The van der Waals surface area contributed by atoms with Gasteiger partial charge in [-0.05, 0) is 37.3 Å². The molecule has 0 radical (unpaired) electrons. The molecule has 1 rings (SSSR count). The van der Waals surface area contributed by atoms with Gasteiger partial charge < -0.3 is 10.5 Å². The number of nitrogens with two attached hydrogens (primary N) is 1. The molecule has 2 N–H and O–H groups in total. The monoisotopic (exact) mass is 225 g/mol. The molecule has 0 aliphatic carbocycles. The SMILES string of the molecule is CC(C)C(CCN)CCC(=O)C1=CCCO1. The first-order valence-corrected chi connectivity index (χ1v) is 6.21. The first-order valence-electron chi connectivity index (χ1n) is 6.21. The highest BCUT2D eigenvalue weighted by molar-refractivity contribution is 5.93. The lowest BCUT2D eigenvalue weighted by Crippen LogP contribution is -2.16. The molecule has 3 nitrogen and oxygen atoms in total. The van der Waals surface area contributed by atoms with Gasteiger partial charge in [0.15, 0.2) is 11.5 Å². The van der Waals surface area contributed by atoms with Crippen molar-refractivity contribution in [1.82, 2.24) is 0 Å². The highest BCUT2D eigenvalue weighted by atomic mass is 16.5. The van der Waals surface area contributed by atoms with Crippen molar-refractivity contribution in [3.63, 3.8) is 0 Å². The zero-order chi connectivity index (χ0) is 12.0. The summed E-state index contributed by atoms with van der Waals surface area (Å²) in [7, 11) is 0. The summed E-state index contributed by atoms with van der Waals surface area (Å²) in [5.74, 6) is 1.88. The Balaban J connectivity index is 2.33. The molecule has 1 aliphatic heterocycles. The first-order chi connectivity index (χ1) is 7.65. The van der Waals surface area contributed by atoms with E-state index in [9.17, 15) is 4.79 Å². The molecule has 0 fully saturated rings. The van der Waals surface area contributed by atoms with Crippen molar-refractivity contribution in [2.45, 2.75) is 39.5 Å². The fourth-order valence-corrected chi connectivity index (χ4v) is 2.08. The zero-order valence-electron chi connectivity index (χ0n) is 10.4. The van der Waals surface area contributed by atoms with E-state index in [1.165, 1.54) is 0 Å². The van der Waals surface area contributed by atoms with E-state index in [0.29, 0.717) is 37.2 Å². The van der Waals surface area contributed by atoms with Crippen LogP contribution in [0.15, 0.2) is 11.8 Å². The topological polar surface area (TPSA) is 52.3 Å². The van der Waals surface area contributed by atoms with E-state index in [1.807, 2.05) is 6.08 Å². The van der Waals surface area contributed by atoms with Gasteiger partial charge in [0, 0.05) is 12.8 Å². The Labute approximate surface area is 98.0 Å². The van der Waals surface area contributed by atoms with Crippen LogP contribution in [0.1, 0.15) is 39.5 Å². The summed E-state index contributed by atoms with van der Waals surface area (Å²) in [5, 5.41) is 0. The molecule has 0 aromatic carbocycles. The number of Topliss-reactive ketones (excluding diaryl/α,β-unsaturated/α-hetero) is 1. The first kappa shape index (κ1) is 13.2. The maximum atomic E-state index is 11.8. The Morgan fingerprint density at radius 3 is 2.75 bits per heavy atom. The van der Waals surface area contributed by atoms with E-state index in [0.717, 1.165) is 19.3 Å². The fourth-order valence-electron chi connectivity index (χ4n) is 2.08. The molecule has 0 bridgehead atoms. The predicted molar refractivity (Wildman–Crippen MR) is 64.9 cm³/mol. The maximum absolute atomic E-state index is 11.8. The largest absolute Gasteiger partial charge is 0.490 e. The van der Waals surface area contributed by atoms with Crippen LogP contribution in [0.5, 0.6) is 0 Å². The van der Waals surface area contributed by atoms with E-state index in [4.69, 9.17) is 10.5 Å². The van der Waals surface area contributed by atoms with Crippen molar-refractivity contribution in [1.29, 1.82) is 0 Å². The summed E-state index contributed by atoms with van der Waals surface area (Å²) in [6, 6.07) is 0. The summed E-state index contributed by atoms with van der Waals surface area (Å²) in [5.41, 5.74) is 5.57. The van der Waals surface area contributed by atoms with Gasteiger partial charge in [-0.1, -0.05) is 13.8 Å². The normalized spacial score (nSPS) is 17.1. The van der Waals surface area contributed by atoms with E-state index in [-0.39, 0.29) is 5.78 Å². The van der Waals surface area contributed by atoms with Gasteiger partial charge in [-0.3, -0.25) is 4.79 Å². The van der Waals surface area contributed by atoms with E-state index in [2.05, 4.69) is 13.8 Å². The van der Waals surface area contributed by atoms with Gasteiger partial charge in [0.2, 0.25) is 0 Å². The summed E-state index contributed by atoms with van der Waals surface area (Å²) >= 11 is 0. The van der Waals surface area contributed by atoms with Crippen LogP contribution in [0.2, 0.25) is 0 Å². The molecule has 0 spiro atoms. The minimum Gasteiger partial charge on any atom is -0.490 e. The molecular formula is C13H23NO2. The second-order valence-electron chi connectivity index (χ2n) is 4.75. The second-order valence-corrected chi connectivity index (χ2v) is 4.75. The Bertz CT molecular complexity index is 259. The average Bonchev–Trinajstić information content (AvgIpc) is 2.76. The van der Waals surface area contributed by atoms with Crippen molar-refractivity contribution < 1.29 is 9.53 Å². The van der Waals surface area contributed by atoms with E-state index < -0.39 is 0 Å². The van der Waals surface area contributed by atoms with Crippen LogP contribution in [0.4, 0.5) is 0 Å². The molecule has 1 heterocycles. The molecule has 16 heavy (non-hydrogen) atoms. The van der Waals surface area contributed by atoms with Gasteiger partial charge in [-0.25, -0.2) is 0 Å². The van der Waals surface area contributed by atoms with Crippen molar-refractivity contribution >= 4 is 5.78 Å². The molecule has 92 valence electrons. The van der Waals surface area contributed by atoms with Gasteiger partial charge in [-0.15, -0.1) is 0 Å². The highest BCUT2D eigenvalue weighted by Crippen LogP contribution is 2.22. The molecule has 0 aromatic heterocycles. The highest BCUT2D eigenvalue weighted by Gasteiger charge is 2.18. The molecule has 0 amide bonds. The maximum Gasteiger partial charge on any atom is 0.197 e. The predicted octanol–water partition coefficient (Wildman–Crippen LogP) is 2.26. The number of hydrogen-bond acceptors (Lipinski definition) is 3. The van der Waals surface area contributed by atoms with Crippen LogP contribution in [0.3, 0.4) is 0 Å². The van der Waals surface area contributed by atoms with Crippen LogP contribution in [-0.4, -0.2) is 18.9 Å². The summed E-state index contributed by atoms with van der Waals surface area (Å²) in [4.78, 5) is 11.8. The zero-order valence-corrected chi connectivity index (χ0v) is 10.4. The van der Waals surface area contributed by atoms with Crippen molar-refractivity contribution in [2.75, 3.05) is 13.2 Å². The van der Waals surface area contributed by atoms with Crippen LogP contribution in [0, 0.1) is 11.8 Å². The average molecular weight is 225 g/mol. The van der Waals surface area contributed by atoms with Gasteiger partial charge in [-0.2, -0.15) is 0 Å². The van der Waals surface area contributed by atoms with Gasteiger partial charge >= 0.3 is 0 Å². The Morgan fingerprint density at radius 2 is 2.25 bits per heavy atom. The lowest BCUT2D eigenvalue weighted by Gasteiger charge is -2.19. The molecule has 0 saturated carbocycles. The standard InChI is InChI=1S/C13H23NO2/c1-10(2)11(7-8-14)5-6-12(15)13-4-3-9-16-13/h4,10-11H,3,5-9,14H2,1-2H3. The Hall–Kier alpha value is -0.830. The summed E-state index contributed by atoms with van der Waals surface area (Å²) < 4.78 is 5.25. The number of ether oxygens (including phenoxy) is 1. The third-order valence-electron chi connectivity index (χ3n) is 3.20. The Kier molecular flexibility index (Phi) is 5.53. The summed E-state index contributed by atoms with van der Waals surface area (Å²) in [6.07, 6.45) is 5.29.